The fourth-order valence-corrected chi connectivity index (χ4v) is 3.04. The van der Waals surface area contributed by atoms with Gasteiger partial charge in [-0.1, -0.05) is 11.6 Å². The number of nitro groups is 1. The summed E-state index contributed by atoms with van der Waals surface area (Å²) in [6, 6.07) is 5.06. The van der Waals surface area contributed by atoms with Crippen molar-refractivity contribution in [2.45, 2.75) is 13.5 Å². The van der Waals surface area contributed by atoms with Crippen LogP contribution in [0.2, 0.25) is 5.02 Å². The largest absolute Gasteiger partial charge is 0.395 e. The molecule has 112 valence electrons. The van der Waals surface area contributed by atoms with E-state index in [1.807, 2.05) is 21.7 Å². The number of hydrogen-bond acceptors (Lipinski definition) is 5. The number of rotatable bonds is 6. The van der Waals surface area contributed by atoms with Gasteiger partial charge in [-0.2, -0.15) is 11.3 Å². The predicted octanol–water partition coefficient (Wildman–Crippen LogP) is 3.62. The zero-order valence-electron chi connectivity index (χ0n) is 11.5. The Morgan fingerprint density at radius 2 is 2.24 bits per heavy atom. The van der Waals surface area contributed by atoms with Crippen molar-refractivity contribution in [3.8, 4) is 0 Å². The Bertz CT molecular complexity index is 631. The highest BCUT2D eigenvalue weighted by molar-refractivity contribution is 7.07. The van der Waals surface area contributed by atoms with Crippen LogP contribution in [0.15, 0.2) is 29.0 Å². The summed E-state index contributed by atoms with van der Waals surface area (Å²) in [6.45, 7) is 2.67. The maximum Gasteiger partial charge on any atom is 0.273 e. The monoisotopic (exact) mass is 326 g/mol. The summed E-state index contributed by atoms with van der Waals surface area (Å²) in [4.78, 5) is 12.4. The molecule has 5 nitrogen and oxygen atoms in total. The minimum Gasteiger partial charge on any atom is -0.395 e. The van der Waals surface area contributed by atoms with Gasteiger partial charge in [0.2, 0.25) is 0 Å². The van der Waals surface area contributed by atoms with Gasteiger partial charge in [-0.3, -0.25) is 10.1 Å². The van der Waals surface area contributed by atoms with Gasteiger partial charge >= 0.3 is 0 Å². The molecule has 0 unspecified atom stereocenters. The van der Waals surface area contributed by atoms with Crippen LogP contribution in [0.3, 0.4) is 0 Å². The van der Waals surface area contributed by atoms with E-state index in [0.717, 1.165) is 5.56 Å². The molecule has 0 aliphatic rings. The van der Waals surface area contributed by atoms with E-state index < -0.39 is 4.92 Å². The lowest BCUT2D eigenvalue weighted by Gasteiger charge is -2.25. The van der Waals surface area contributed by atoms with Gasteiger partial charge in [-0.05, 0) is 35.4 Å². The van der Waals surface area contributed by atoms with Gasteiger partial charge in [0, 0.05) is 24.7 Å². The minimum atomic E-state index is -0.444. The summed E-state index contributed by atoms with van der Waals surface area (Å²) >= 11 is 7.79. The van der Waals surface area contributed by atoms with Crippen molar-refractivity contribution in [2.75, 3.05) is 18.1 Å². The van der Waals surface area contributed by atoms with E-state index in [1.165, 1.54) is 6.07 Å². The van der Waals surface area contributed by atoms with Crippen LogP contribution >= 0.6 is 22.9 Å². The van der Waals surface area contributed by atoms with E-state index in [9.17, 15) is 15.2 Å². The number of aryl methyl sites for hydroxylation is 1. The molecule has 0 saturated carbocycles. The van der Waals surface area contributed by atoms with Crippen molar-refractivity contribution < 1.29 is 10.0 Å². The summed E-state index contributed by atoms with van der Waals surface area (Å²) < 4.78 is 0. The number of hydrogen-bond donors (Lipinski definition) is 1. The van der Waals surface area contributed by atoms with Crippen molar-refractivity contribution in [2.24, 2.45) is 0 Å². The molecular formula is C14H15ClN2O3S. The second kappa shape index (κ2) is 6.89. The number of nitrogens with zero attached hydrogens (tertiary/aromatic N) is 2. The summed E-state index contributed by atoms with van der Waals surface area (Å²) in [7, 11) is 0. The Balaban J connectivity index is 2.35. The number of nitro benzene ring substituents is 1. The molecule has 0 aliphatic heterocycles. The van der Waals surface area contributed by atoms with Crippen LogP contribution in [-0.2, 0) is 6.54 Å². The van der Waals surface area contributed by atoms with Crippen LogP contribution in [0.25, 0.3) is 0 Å². The molecule has 1 aromatic heterocycles. The van der Waals surface area contributed by atoms with Gasteiger partial charge < -0.3 is 10.0 Å². The van der Waals surface area contributed by atoms with Crippen molar-refractivity contribution in [3.05, 3.63) is 55.2 Å². The Morgan fingerprint density at radius 3 is 2.81 bits per heavy atom. The topological polar surface area (TPSA) is 66.6 Å². The first-order valence-electron chi connectivity index (χ1n) is 6.34. The van der Waals surface area contributed by atoms with E-state index in [2.05, 4.69) is 0 Å². The molecule has 0 amide bonds. The molecule has 21 heavy (non-hydrogen) atoms. The first kappa shape index (κ1) is 15.8. The minimum absolute atomic E-state index is 0.00299. The predicted molar refractivity (Wildman–Crippen MR) is 85.3 cm³/mol. The highest BCUT2D eigenvalue weighted by Crippen LogP contribution is 2.33. The lowest BCUT2D eigenvalue weighted by Crippen LogP contribution is -2.26. The van der Waals surface area contributed by atoms with Gasteiger partial charge in [0.1, 0.15) is 0 Å². The fourth-order valence-electron chi connectivity index (χ4n) is 2.10. The normalized spacial score (nSPS) is 10.6. The fraction of sp³-hybridized carbons (Fsp3) is 0.286. The number of anilines is 1. The molecule has 1 N–H and O–H groups in total. The number of benzene rings is 1. The molecule has 0 fully saturated rings. The van der Waals surface area contributed by atoms with Crippen molar-refractivity contribution >= 4 is 34.3 Å². The van der Waals surface area contributed by atoms with Crippen LogP contribution in [0, 0.1) is 17.0 Å². The third-order valence-electron chi connectivity index (χ3n) is 3.13. The molecule has 1 heterocycles. The maximum atomic E-state index is 10.9. The second-order valence-electron chi connectivity index (χ2n) is 4.62. The van der Waals surface area contributed by atoms with Gasteiger partial charge in [0.15, 0.2) is 0 Å². The van der Waals surface area contributed by atoms with Crippen LogP contribution in [0.1, 0.15) is 11.1 Å². The number of thiophene rings is 1. The van der Waals surface area contributed by atoms with Gasteiger partial charge in [0.25, 0.3) is 5.69 Å². The van der Waals surface area contributed by atoms with Gasteiger partial charge in [-0.15, -0.1) is 0 Å². The third-order valence-corrected chi connectivity index (χ3v) is 4.16. The Kier molecular flexibility index (Phi) is 5.17. The van der Waals surface area contributed by atoms with Crippen LogP contribution < -0.4 is 4.90 Å². The molecule has 0 atom stereocenters. The van der Waals surface area contributed by atoms with Gasteiger partial charge in [0.05, 0.1) is 22.2 Å². The number of aliphatic hydroxyl groups excluding tert-OH is 1. The third kappa shape index (κ3) is 3.72. The second-order valence-corrected chi connectivity index (χ2v) is 5.81. The molecule has 0 spiro atoms. The maximum absolute atomic E-state index is 10.9. The van der Waals surface area contributed by atoms with Crippen molar-refractivity contribution in [1.82, 2.24) is 0 Å². The molecule has 2 rings (SSSR count). The summed E-state index contributed by atoms with van der Waals surface area (Å²) in [6.07, 6.45) is 0. The molecule has 7 heteroatoms. The Hall–Kier alpha value is -1.63. The molecule has 0 bridgehead atoms. The first-order valence-corrected chi connectivity index (χ1v) is 7.66. The van der Waals surface area contributed by atoms with E-state index in [4.69, 9.17) is 11.6 Å². The van der Waals surface area contributed by atoms with E-state index in [-0.39, 0.29) is 12.3 Å². The molecule has 2 aromatic rings. The number of aliphatic hydroxyl groups is 1. The summed E-state index contributed by atoms with van der Waals surface area (Å²) in [5, 5.41) is 24.5. The average Bonchev–Trinajstić information content (AvgIpc) is 2.93. The highest BCUT2D eigenvalue weighted by atomic mass is 35.5. The Morgan fingerprint density at radius 1 is 1.48 bits per heavy atom. The summed E-state index contributed by atoms with van der Waals surface area (Å²) in [5.74, 6) is 0. The van der Waals surface area contributed by atoms with Crippen molar-refractivity contribution in [1.29, 1.82) is 0 Å². The van der Waals surface area contributed by atoms with E-state index >= 15 is 0 Å². The molecular weight excluding hydrogens is 312 g/mol. The van der Waals surface area contributed by atoms with Crippen LogP contribution in [0.4, 0.5) is 11.4 Å². The van der Waals surface area contributed by atoms with E-state index in [0.29, 0.717) is 29.4 Å². The van der Waals surface area contributed by atoms with Crippen LogP contribution in [-0.4, -0.2) is 23.2 Å². The SMILES string of the molecule is Cc1cc(N(CCO)Cc2ccsc2)c(Cl)cc1[N+](=O)[O-]. The smallest absolute Gasteiger partial charge is 0.273 e. The van der Waals surface area contributed by atoms with Crippen molar-refractivity contribution in [3.63, 3.8) is 0 Å². The number of halogens is 1. The Labute approximate surface area is 131 Å². The molecule has 0 radical (unpaired) electrons. The van der Waals surface area contributed by atoms with Gasteiger partial charge in [-0.25, -0.2) is 0 Å². The zero-order chi connectivity index (χ0) is 15.4. The molecule has 0 aliphatic carbocycles. The lowest BCUT2D eigenvalue weighted by molar-refractivity contribution is -0.385. The lowest BCUT2D eigenvalue weighted by atomic mass is 10.1. The highest BCUT2D eigenvalue weighted by Gasteiger charge is 2.18. The first-order chi connectivity index (χ1) is 10.0. The zero-order valence-corrected chi connectivity index (χ0v) is 13.0. The quantitative estimate of drug-likeness (QED) is 0.650. The average molecular weight is 327 g/mol. The summed E-state index contributed by atoms with van der Waals surface area (Å²) in [5.41, 5.74) is 2.36. The molecule has 1 aromatic carbocycles. The molecule has 0 saturated heterocycles. The standard InChI is InChI=1S/C14H15ClN2O3S/c1-10-6-14(12(15)7-13(10)17(19)20)16(3-4-18)8-11-2-5-21-9-11/h2,5-7,9,18H,3-4,8H2,1H3. The van der Waals surface area contributed by atoms with E-state index in [1.54, 1.807) is 24.3 Å². The van der Waals surface area contributed by atoms with Crippen LogP contribution in [0.5, 0.6) is 0 Å².